The molecule has 6 nitrogen and oxygen atoms in total. The second-order valence-corrected chi connectivity index (χ2v) is 4.01. The first-order valence-electron chi connectivity index (χ1n) is 5.67. The molecule has 0 aliphatic rings. The Kier molecular flexibility index (Phi) is 3.64. The fraction of sp³-hybridized carbons (Fsp3) is 0.250. The lowest BCUT2D eigenvalue weighted by atomic mass is 10.1. The molecule has 4 N–H and O–H groups in total. The highest BCUT2D eigenvalue weighted by Crippen LogP contribution is 2.34. The molecule has 0 saturated heterocycles. The minimum Gasteiger partial charge on any atom is -0.493 e. The zero-order valence-electron chi connectivity index (χ0n) is 10.9. The van der Waals surface area contributed by atoms with Crippen molar-refractivity contribution in [1.29, 1.82) is 0 Å². The van der Waals surface area contributed by atoms with Crippen molar-refractivity contribution < 1.29 is 18.3 Å². The molecule has 0 spiro atoms. The van der Waals surface area contributed by atoms with Gasteiger partial charge in [0.25, 0.3) is 0 Å². The van der Waals surface area contributed by atoms with Crippen molar-refractivity contribution in [2.45, 2.75) is 13.5 Å². The van der Waals surface area contributed by atoms with Crippen LogP contribution in [0.15, 0.2) is 18.2 Å². The number of aromatic nitrogens is 2. The summed E-state index contributed by atoms with van der Waals surface area (Å²) < 4.78 is 35.3. The Labute approximate surface area is 113 Å². The number of nitrogen functional groups attached to an aromatic ring is 2. The molecule has 2 rings (SSSR count). The van der Waals surface area contributed by atoms with Crippen LogP contribution in [0.5, 0.6) is 11.5 Å². The number of alkyl halides is 2. The van der Waals surface area contributed by atoms with Crippen molar-refractivity contribution in [3.05, 3.63) is 24.0 Å². The van der Waals surface area contributed by atoms with Crippen LogP contribution in [-0.4, -0.2) is 23.4 Å². The van der Waals surface area contributed by atoms with Crippen LogP contribution in [0.3, 0.4) is 0 Å². The molecule has 0 saturated carbocycles. The number of imidazole rings is 1. The predicted molar refractivity (Wildman–Crippen MR) is 70.1 cm³/mol. The second-order valence-electron chi connectivity index (χ2n) is 4.01. The Bertz CT molecular complexity index is 628. The summed E-state index contributed by atoms with van der Waals surface area (Å²) in [5.74, 6) is 6.50. The maximum Gasteiger partial charge on any atom is 0.387 e. The first-order valence-corrected chi connectivity index (χ1v) is 5.67. The SMILES string of the molecule is COc1ccc(-c2nc(C)n(N)c2N)cc1OC(F)F. The Morgan fingerprint density at radius 1 is 1.30 bits per heavy atom. The van der Waals surface area contributed by atoms with Crippen molar-refractivity contribution in [3.8, 4) is 22.8 Å². The molecule has 0 aliphatic heterocycles. The monoisotopic (exact) mass is 284 g/mol. The zero-order valence-corrected chi connectivity index (χ0v) is 10.9. The Morgan fingerprint density at radius 3 is 2.50 bits per heavy atom. The highest BCUT2D eigenvalue weighted by Gasteiger charge is 2.16. The summed E-state index contributed by atoms with van der Waals surface area (Å²) in [4.78, 5) is 4.18. The summed E-state index contributed by atoms with van der Waals surface area (Å²) >= 11 is 0. The van der Waals surface area contributed by atoms with Gasteiger partial charge in [-0.2, -0.15) is 8.78 Å². The molecule has 2 aromatic rings. The molecule has 0 amide bonds. The number of hydrogen-bond acceptors (Lipinski definition) is 5. The highest BCUT2D eigenvalue weighted by molar-refractivity contribution is 5.73. The molecular weight excluding hydrogens is 270 g/mol. The van der Waals surface area contributed by atoms with Gasteiger partial charge in [0, 0.05) is 5.56 Å². The van der Waals surface area contributed by atoms with Crippen molar-refractivity contribution in [3.63, 3.8) is 0 Å². The maximum atomic E-state index is 12.4. The fourth-order valence-electron chi connectivity index (χ4n) is 1.79. The van der Waals surface area contributed by atoms with Crippen LogP contribution in [-0.2, 0) is 0 Å². The van der Waals surface area contributed by atoms with Gasteiger partial charge >= 0.3 is 6.61 Å². The lowest BCUT2D eigenvalue weighted by Gasteiger charge is -2.11. The third-order valence-corrected chi connectivity index (χ3v) is 2.78. The van der Waals surface area contributed by atoms with Gasteiger partial charge < -0.3 is 21.1 Å². The van der Waals surface area contributed by atoms with Crippen LogP contribution in [0.4, 0.5) is 14.6 Å². The smallest absolute Gasteiger partial charge is 0.387 e. The first kappa shape index (κ1) is 13.9. The summed E-state index contributed by atoms with van der Waals surface area (Å²) in [7, 11) is 1.36. The van der Waals surface area contributed by atoms with Gasteiger partial charge in [-0.15, -0.1) is 0 Å². The number of aryl methyl sites for hydroxylation is 1. The van der Waals surface area contributed by atoms with E-state index in [1.165, 1.54) is 23.9 Å². The van der Waals surface area contributed by atoms with Gasteiger partial charge in [0.05, 0.1) is 7.11 Å². The highest BCUT2D eigenvalue weighted by atomic mass is 19.3. The number of methoxy groups -OCH3 is 1. The topological polar surface area (TPSA) is 88.3 Å². The summed E-state index contributed by atoms with van der Waals surface area (Å²) in [5.41, 5.74) is 6.71. The minimum atomic E-state index is -2.95. The molecular formula is C12H14F2N4O2. The number of hydrogen-bond donors (Lipinski definition) is 2. The standard InChI is InChI=1S/C12H14F2N4O2/c1-6-17-10(11(15)18(6)16)7-3-4-8(19-2)9(5-7)20-12(13)14/h3-5,12H,15-16H2,1-2H3. The van der Waals surface area contributed by atoms with Gasteiger partial charge in [-0.25, -0.2) is 9.66 Å². The number of nitrogens with zero attached hydrogens (tertiary/aromatic N) is 2. The number of anilines is 1. The number of benzene rings is 1. The van der Waals surface area contributed by atoms with Crippen molar-refractivity contribution in [1.82, 2.24) is 9.66 Å². The van der Waals surface area contributed by atoms with E-state index in [4.69, 9.17) is 16.3 Å². The van der Waals surface area contributed by atoms with Crippen molar-refractivity contribution in [2.75, 3.05) is 18.7 Å². The molecule has 20 heavy (non-hydrogen) atoms. The predicted octanol–water partition coefficient (Wildman–Crippen LogP) is 1.76. The van der Waals surface area contributed by atoms with Crippen molar-refractivity contribution in [2.24, 2.45) is 0 Å². The van der Waals surface area contributed by atoms with E-state index in [2.05, 4.69) is 9.72 Å². The molecule has 1 heterocycles. The average Bonchev–Trinajstić information content (AvgIpc) is 2.66. The van der Waals surface area contributed by atoms with E-state index in [-0.39, 0.29) is 17.3 Å². The molecule has 0 atom stereocenters. The Morgan fingerprint density at radius 2 is 2.00 bits per heavy atom. The number of halogens is 2. The number of ether oxygens (including phenoxy) is 2. The molecule has 0 radical (unpaired) electrons. The first-order chi connectivity index (χ1) is 9.43. The summed E-state index contributed by atoms with van der Waals surface area (Å²) in [6.45, 7) is -1.27. The van der Waals surface area contributed by atoms with Gasteiger partial charge in [-0.05, 0) is 25.1 Å². The summed E-state index contributed by atoms with van der Waals surface area (Å²) in [6.07, 6.45) is 0. The van der Waals surface area contributed by atoms with E-state index in [9.17, 15) is 8.78 Å². The lowest BCUT2D eigenvalue weighted by Crippen LogP contribution is -2.13. The molecule has 1 aromatic carbocycles. The Hall–Kier alpha value is -2.51. The average molecular weight is 284 g/mol. The van der Waals surface area contributed by atoms with Crippen molar-refractivity contribution >= 4 is 5.82 Å². The van der Waals surface area contributed by atoms with E-state index in [0.717, 1.165) is 0 Å². The third kappa shape index (κ3) is 2.44. The van der Waals surface area contributed by atoms with Crippen LogP contribution in [0.1, 0.15) is 5.82 Å². The third-order valence-electron chi connectivity index (χ3n) is 2.78. The molecule has 1 aromatic heterocycles. The normalized spacial score (nSPS) is 10.8. The van der Waals surface area contributed by atoms with E-state index < -0.39 is 6.61 Å². The van der Waals surface area contributed by atoms with Crippen LogP contribution in [0, 0.1) is 6.92 Å². The second kappa shape index (κ2) is 5.24. The summed E-state index contributed by atoms with van der Waals surface area (Å²) in [5, 5.41) is 0. The van der Waals surface area contributed by atoms with Crippen LogP contribution in [0.2, 0.25) is 0 Å². The number of nitrogens with two attached hydrogens (primary N) is 2. The van der Waals surface area contributed by atoms with E-state index >= 15 is 0 Å². The van der Waals surface area contributed by atoms with E-state index in [0.29, 0.717) is 17.1 Å². The van der Waals surface area contributed by atoms with Crippen LogP contribution >= 0.6 is 0 Å². The van der Waals surface area contributed by atoms with E-state index in [1.54, 1.807) is 13.0 Å². The fourth-order valence-corrected chi connectivity index (χ4v) is 1.79. The molecule has 0 aliphatic carbocycles. The molecule has 0 fully saturated rings. The van der Waals surface area contributed by atoms with Gasteiger partial charge in [-0.1, -0.05) is 0 Å². The van der Waals surface area contributed by atoms with Crippen LogP contribution in [0.25, 0.3) is 11.3 Å². The Balaban J connectivity index is 2.49. The molecule has 108 valence electrons. The van der Waals surface area contributed by atoms with Gasteiger partial charge in [0.1, 0.15) is 11.5 Å². The maximum absolute atomic E-state index is 12.4. The minimum absolute atomic E-state index is 0.0939. The van der Waals surface area contributed by atoms with E-state index in [1.807, 2.05) is 0 Å². The molecule has 0 unspecified atom stereocenters. The zero-order chi connectivity index (χ0) is 14.9. The van der Waals surface area contributed by atoms with Crippen LogP contribution < -0.4 is 21.1 Å². The lowest BCUT2D eigenvalue weighted by molar-refractivity contribution is -0.0511. The number of rotatable bonds is 4. The quantitative estimate of drug-likeness (QED) is 0.835. The summed E-state index contributed by atoms with van der Waals surface area (Å²) in [6, 6.07) is 4.51. The molecule has 8 heteroatoms. The van der Waals surface area contributed by atoms with Gasteiger partial charge in [-0.3, -0.25) is 0 Å². The van der Waals surface area contributed by atoms with Gasteiger partial charge in [0.2, 0.25) is 0 Å². The van der Waals surface area contributed by atoms with Gasteiger partial charge in [0.15, 0.2) is 17.3 Å². The molecule has 0 bridgehead atoms. The largest absolute Gasteiger partial charge is 0.493 e.